The predicted molar refractivity (Wildman–Crippen MR) is 76.5 cm³/mol. The number of hydrogen-bond donors (Lipinski definition) is 1. The Morgan fingerprint density at radius 2 is 2.19 bits per heavy atom. The molecule has 0 spiro atoms. The van der Waals surface area contributed by atoms with Crippen LogP contribution in [0.3, 0.4) is 0 Å². The minimum absolute atomic E-state index is 0.0621. The third-order valence-corrected chi connectivity index (χ3v) is 4.02. The van der Waals surface area contributed by atoms with Gasteiger partial charge in [0, 0.05) is 11.0 Å². The number of ether oxygens (including phenoxy) is 1. The first-order valence-corrected chi connectivity index (χ1v) is 7.31. The standard InChI is InChI=1S/C14H15BrFNO4/c1-2-17(12-7-21-6-10(12)14(19)20)13(18)9-4-3-8(15)5-11(9)16/h3-5,10,12H,2,6-7H2,1H3,(H,19,20). The fourth-order valence-electron chi connectivity index (χ4n) is 2.43. The molecule has 5 nitrogen and oxygen atoms in total. The minimum atomic E-state index is -1.01. The third kappa shape index (κ3) is 3.24. The van der Waals surface area contributed by atoms with Gasteiger partial charge in [-0.2, -0.15) is 0 Å². The number of carboxylic acids is 1. The van der Waals surface area contributed by atoms with E-state index in [1.807, 2.05) is 0 Å². The molecule has 1 heterocycles. The van der Waals surface area contributed by atoms with Gasteiger partial charge in [0.1, 0.15) is 11.7 Å². The van der Waals surface area contributed by atoms with Crippen molar-refractivity contribution in [2.24, 2.45) is 5.92 Å². The molecule has 0 saturated carbocycles. The summed E-state index contributed by atoms with van der Waals surface area (Å²) < 4.78 is 19.6. The van der Waals surface area contributed by atoms with Crippen molar-refractivity contribution in [2.45, 2.75) is 13.0 Å². The topological polar surface area (TPSA) is 66.8 Å². The van der Waals surface area contributed by atoms with Crippen LogP contribution < -0.4 is 0 Å². The number of likely N-dealkylation sites (N-methyl/N-ethyl adjacent to an activating group) is 1. The van der Waals surface area contributed by atoms with E-state index in [2.05, 4.69) is 15.9 Å². The molecule has 0 aromatic heterocycles. The van der Waals surface area contributed by atoms with Gasteiger partial charge in [-0.15, -0.1) is 0 Å². The van der Waals surface area contributed by atoms with Crippen LogP contribution in [0.1, 0.15) is 17.3 Å². The second-order valence-corrected chi connectivity index (χ2v) is 5.68. The summed E-state index contributed by atoms with van der Waals surface area (Å²) in [4.78, 5) is 25.0. The van der Waals surface area contributed by atoms with Crippen LogP contribution in [0.4, 0.5) is 4.39 Å². The zero-order valence-corrected chi connectivity index (χ0v) is 13.0. The molecule has 7 heteroatoms. The van der Waals surface area contributed by atoms with Gasteiger partial charge in [-0.05, 0) is 25.1 Å². The van der Waals surface area contributed by atoms with Crippen LogP contribution in [0, 0.1) is 11.7 Å². The summed E-state index contributed by atoms with van der Waals surface area (Å²) in [5, 5.41) is 9.17. The number of amides is 1. The highest BCUT2D eigenvalue weighted by molar-refractivity contribution is 9.10. The van der Waals surface area contributed by atoms with Crippen molar-refractivity contribution in [3.8, 4) is 0 Å². The summed E-state index contributed by atoms with van der Waals surface area (Å²) in [7, 11) is 0. The zero-order chi connectivity index (χ0) is 15.6. The molecule has 1 aromatic carbocycles. The van der Waals surface area contributed by atoms with Gasteiger partial charge in [-0.25, -0.2) is 4.39 Å². The van der Waals surface area contributed by atoms with Gasteiger partial charge in [-0.1, -0.05) is 15.9 Å². The lowest BCUT2D eigenvalue weighted by atomic mass is 10.0. The highest BCUT2D eigenvalue weighted by atomic mass is 79.9. The third-order valence-electron chi connectivity index (χ3n) is 3.53. The van der Waals surface area contributed by atoms with Crippen LogP contribution in [0.2, 0.25) is 0 Å². The lowest BCUT2D eigenvalue weighted by Crippen LogP contribution is -2.46. The Hall–Kier alpha value is -1.47. The highest BCUT2D eigenvalue weighted by Crippen LogP contribution is 2.23. The number of rotatable bonds is 4. The number of hydrogen-bond acceptors (Lipinski definition) is 3. The Morgan fingerprint density at radius 3 is 2.76 bits per heavy atom. The fraction of sp³-hybridized carbons (Fsp3) is 0.429. The Morgan fingerprint density at radius 1 is 1.48 bits per heavy atom. The number of halogens is 2. The number of nitrogens with zero attached hydrogens (tertiary/aromatic N) is 1. The maximum Gasteiger partial charge on any atom is 0.311 e. The molecule has 2 rings (SSSR count). The van der Waals surface area contributed by atoms with Gasteiger partial charge in [0.05, 0.1) is 24.8 Å². The first-order valence-electron chi connectivity index (χ1n) is 6.52. The lowest BCUT2D eigenvalue weighted by Gasteiger charge is -2.29. The van der Waals surface area contributed by atoms with Crippen molar-refractivity contribution < 1.29 is 23.8 Å². The summed E-state index contributed by atoms with van der Waals surface area (Å²) in [6, 6.07) is 3.59. The van der Waals surface area contributed by atoms with Gasteiger partial charge in [0.15, 0.2) is 0 Å². The SMILES string of the molecule is CCN(C(=O)c1ccc(Br)cc1F)C1COCC1C(=O)O. The average Bonchev–Trinajstić information content (AvgIpc) is 2.88. The Kier molecular flexibility index (Phi) is 4.95. The smallest absolute Gasteiger partial charge is 0.311 e. The van der Waals surface area contributed by atoms with E-state index < -0.39 is 29.7 Å². The summed E-state index contributed by atoms with van der Waals surface area (Å²) in [6.07, 6.45) is 0. The summed E-state index contributed by atoms with van der Waals surface area (Å²) >= 11 is 3.13. The Balaban J connectivity index is 2.28. The number of aliphatic carboxylic acids is 1. The van der Waals surface area contributed by atoms with Gasteiger partial charge < -0.3 is 14.7 Å². The molecule has 1 aromatic rings. The first-order chi connectivity index (χ1) is 9.95. The van der Waals surface area contributed by atoms with E-state index in [0.29, 0.717) is 4.47 Å². The van der Waals surface area contributed by atoms with Gasteiger partial charge in [0.25, 0.3) is 5.91 Å². The van der Waals surface area contributed by atoms with E-state index in [1.165, 1.54) is 17.0 Å². The van der Waals surface area contributed by atoms with E-state index in [9.17, 15) is 19.1 Å². The van der Waals surface area contributed by atoms with Crippen LogP contribution in [-0.4, -0.2) is 47.7 Å². The molecule has 1 amide bonds. The maximum atomic E-state index is 13.9. The van der Waals surface area contributed by atoms with Crippen molar-refractivity contribution in [3.05, 3.63) is 34.1 Å². The summed E-state index contributed by atoms with van der Waals surface area (Å²) in [5.41, 5.74) is -0.0731. The molecule has 1 N–H and O–H groups in total. The van der Waals surface area contributed by atoms with E-state index in [-0.39, 0.29) is 25.3 Å². The lowest BCUT2D eigenvalue weighted by molar-refractivity contribution is -0.142. The largest absolute Gasteiger partial charge is 0.481 e. The summed E-state index contributed by atoms with van der Waals surface area (Å²) in [6.45, 7) is 2.22. The van der Waals surface area contributed by atoms with E-state index in [0.717, 1.165) is 0 Å². The number of benzene rings is 1. The van der Waals surface area contributed by atoms with Crippen LogP contribution in [0.25, 0.3) is 0 Å². The van der Waals surface area contributed by atoms with Crippen molar-refractivity contribution in [3.63, 3.8) is 0 Å². The molecule has 1 saturated heterocycles. The Bertz CT molecular complexity index is 566. The van der Waals surface area contributed by atoms with E-state index >= 15 is 0 Å². The Labute approximate surface area is 129 Å². The molecule has 0 radical (unpaired) electrons. The average molecular weight is 360 g/mol. The molecule has 2 unspecified atom stereocenters. The molecule has 0 aliphatic carbocycles. The van der Waals surface area contributed by atoms with Crippen molar-refractivity contribution >= 4 is 27.8 Å². The molecular weight excluding hydrogens is 345 g/mol. The predicted octanol–water partition coefficient (Wildman–Crippen LogP) is 2.15. The number of carbonyl (C=O) groups excluding carboxylic acids is 1. The number of carbonyl (C=O) groups is 2. The van der Waals surface area contributed by atoms with E-state index in [1.54, 1.807) is 13.0 Å². The van der Waals surface area contributed by atoms with Crippen LogP contribution in [0.15, 0.2) is 22.7 Å². The molecule has 2 atom stereocenters. The molecule has 21 heavy (non-hydrogen) atoms. The van der Waals surface area contributed by atoms with Gasteiger partial charge in [0.2, 0.25) is 0 Å². The molecule has 1 fully saturated rings. The molecule has 114 valence electrons. The van der Waals surface area contributed by atoms with Crippen molar-refractivity contribution in [1.82, 2.24) is 4.90 Å². The van der Waals surface area contributed by atoms with Gasteiger partial charge in [-0.3, -0.25) is 9.59 Å². The van der Waals surface area contributed by atoms with Crippen LogP contribution in [-0.2, 0) is 9.53 Å². The monoisotopic (exact) mass is 359 g/mol. The van der Waals surface area contributed by atoms with Gasteiger partial charge >= 0.3 is 5.97 Å². The zero-order valence-electron chi connectivity index (χ0n) is 11.4. The number of carboxylic acid groups (broad SMARTS) is 1. The molecular formula is C14H15BrFNO4. The summed E-state index contributed by atoms with van der Waals surface area (Å²) in [5.74, 6) is -2.96. The van der Waals surface area contributed by atoms with Crippen molar-refractivity contribution in [2.75, 3.05) is 19.8 Å². The first kappa shape index (κ1) is 15.9. The minimum Gasteiger partial charge on any atom is -0.481 e. The second kappa shape index (κ2) is 6.53. The quantitative estimate of drug-likeness (QED) is 0.894. The highest BCUT2D eigenvalue weighted by Gasteiger charge is 2.40. The maximum absolute atomic E-state index is 13.9. The molecule has 0 bridgehead atoms. The molecule has 1 aliphatic heterocycles. The normalized spacial score (nSPS) is 21.3. The second-order valence-electron chi connectivity index (χ2n) is 4.76. The van der Waals surface area contributed by atoms with Crippen LogP contribution >= 0.6 is 15.9 Å². The van der Waals surface area contributed by atoms with Crippen LogP contribution in [0.5, 0.6) is 0 Å². The van der Waals surface area contributed by atoms with Crippen molar-refractivity contribution in [1.29, 1.82) is 0 Å². The molecule has 1 aliphatic rings. The fourth-order valence-corrected chi connectivity index (χ4v) is 2.77. The van der Waals surface area contributed by atoms with E-state index in [4.69, 9.17) is 4.74 Å².